The van der Waals surface area contributed by atoms with Gasteiger partial charge in [-0.25, -0.2) is 0 Å². The predicted octanol–water partition coefficient (Wildman–Crippen LogP) is 2.04. The van der Waals surface area contributed by atoms with Crippen molar-refractivity contribution >= 4 is 5.91 Å². The Morgan fingerprint density at radius 3 is 2.54 bits per heavy atom. The molecule has 2 aliphatic heterocycles. The molecule has 144 valence electrons. The van der Waals surface area contributed by atoms with Crippen LogP contribution >= 0.6 is 0 Å². The van der Waals surface area contributed by atoms with E-state index in [0.717, 1.165) is 37.9 Å². The lowest BCUT2D eigenvalue weighted by molar-refractivity contribution is -0.160. The Morgan fingerprint density at radius 2 is 1.85 bits per heavy atom. The first kappa shape index (κ1) is 19.0. The van der Waals surface area contributed by atoms with E-state index in [0.29, 0.717) is 37.6 Å². The van der Waals surface area contributed by atoms with Gasteiger partial charge in [0.05, 0.1) is 14.2 Å². The van der Waals surface area contributed by atoms with Gasteiger partial charge in [0.25, 0.3) is 5.91 Å². The molecule has 1 atom stereocenters. The van der Waals surface area contributed by atoms with Gasteiger partial charge in [-0.3, -0.25) is 9.69 Å². The summed E-state index contributed by atoms with van der Waals surface area (Å²) >= 11 is 0. The summed E-state index contributed by atoms with van der Waals surface area (Å²) in [5.41, 5.74) is -0.385. The number of hydrogen-bond donors (Lipinski definition) is 1. The Morgan fingerprint density at radius 1 is 1.08 bits per heavy atom. The number of carbonyl (C=O) groups is 1. The van der Waals surface area contributed by atoms with E-state index in [1.807, 2.05) is 18.2 Å². The van der Waals surface area contributed by atoms with Crippen LogP contribution in [-0.4, -0.2) is 66.8 Å². The summed E-state index contributed by atoms with van der Waals surface area (Å²) in [6, 6.07) is 5.67. The van der Waals surface area contributed by atoms with E-state index in [1.165, 1.54) is 6.42 Å². The number of para-hydroxylation sites is 1. The summed E-state index contributed by atoms with van der Waals surface area (Å²) in [6.07, 6.45) is 4.88. The third kappa shape index (κ3) is 3.96. The fourth-order valence-electron chi connectivity index (χ4n) is 4.13. The minimum Gasteiger partial charge on any atom is -0.493 e. The molecule has 0 saturated carbocycles. The second-order valence-electron chi connectivity index (χ2n) is 7.35. The summed E-state index contributed by atoms with van der Waals surface area (Å²) in [5.74, 6) is 1.13. The number of rotatable bonds is 6. The van der Waals surface area contributed by atoms with E-state index in [2.05, 4.69) is 4.90 Å². The molecule has 1 amide bonds. The van der Waals surface area contributed by atoms with Gasteiger partial charge < -0.3 is 19.5 Å². The second-order valence-corrected chi connectivity index (χ2v) is 7.35. The minimum atomic E-state index is -1.28. The molecule has 1 aromatic carbocycles. The Labute approximate surface area is 155 Å². The van der Waals surface area contributed by atoms with Crippen molar-refractivity contribution < 1.29 is 19.4 Å². The molecule has 0 radical (unpaired) electrons. The Bertz CT molecular complexity index is 630. The first-order valence-electron chi connectivity index (χ1n) is 9.51. The number of amides is 1. The minimum absolute atomic E-state index is 0.167. The molecule has 3 rings (SSSR count). The summed E-state index contributed by atoms with van der Waals surface area (Å²) in [4.78, 5) is 17.0. The number of hydrogen-bond acceptors (Lipinski definition) is 5. The van der Waals surface area contributed by atoms with Crippen molar-refractivity contribution in [2.24, 2.45) is 0 Å². The van der Waals surface area contributed by atoms with Crippen molar-refractivity contribution in [1.82, 2.24) is 9.80 Å². The molecule has 6 nitrogen and oxygen atoms in total. The molecule has 6 heteroatoms. The zero-order valence-corrected chi connectivity index (χ0v) is 15.9. The van der Waals surface area contributed by atoms with Crippen molar-refractivity contribution in [2.75, 3.05) is 40.4 Å². The lowest BCUT2D eigenvalue weighted by atomic mass is 9.90. The van der Waals surface area contributed by atoms with Crippen LogP contribution in [0, 0.1) is 0 Å². The maximum absolute atomic E-state index is 13.1. The van der Waals surface area contributed by atoms with E-state index >= 15 is 0 Å². The van der Waals surface area contributed by atoms with E-state index < -0.39 is 5.60 Å². The van der Waals surface area contributed by atoms with Crippen molar-refractivity contribution in [3.8, 4) is 11.5 Å². The average Bonchev–Trinajstić information content (AvgIpc) is 2.66. The Hall–Kier alpha value is -1.79. The highest BCUT2D eigenvalue weighted by Crippen LogP contribution is 2.33. The molecule has 26 heavy (non-hydrogen) atoms. The molecule has 0 aliphatic carbocycles. The topological polar surface area (TPSA) is 62.2 Å². The van der Waals surface area contributed by atoms with Gasteiger partial charge in [-0.05, 0) is 44.8 Å². The quantitative estimate of drug-likeness (QED) is 0.839. The average molecular weight is 362 g/mol. The molecule has 1 N–H and O–H groups in total. The van der Waals surface area contributed by atoms with E-state index in [4.69, 9.17) is 9.47 Å². The Kier molecular flexibility index (Phi) is 6.04. The summed E-state index contributed by atoms with van der Waals surface area (Å²) in [5, 5.41) is 11.1. The SMILES string of the molecule is COc1cccc(CN2CCCC(O)(CN3CCCCC3)C2=O)c1OC. The zero-order chi connectivity index (χ0) is 18.6. The number of nitrogens with zero attached hydrogens (tertiary/aromatic N) is 2. The van der Waals surface area contributed by atoms with Crippen molar-refractivity contribution in [3.05, 3.63) is 23.8 Å². The monoisotopic (exact) mass is 362 g/mol. The number of carbonyl (C=O) groups excluding carboxylic acids is 1. The largest absolute Gasteiger partial charge is 0.493 e. The van der Waals surface area contributed by atoms with Crippen LogP contribution in [0.5, 0.6) is 11.5 Å². The first-order chi connectivity index (χ1) is 12.6. The van der Waals surface area contributed by atoms with Crippen molar-refractivity contribution in [1.29, 1.82) is 0 Å². The molecule has 2 aliphatic rings. The van der Waals surface area contributed by atoms with Gasteiger partial charge in [0.1, 0.15) is 0 Å². The normalized spacial score (nSPS) is 24.6. The molecule has 1 unspecified atom stereocenters. The number of methoxy groups -OCH3 is 2. The van der Waals surface area contributed by atoms with E-state index in [1.54, 1.807) is 19.1 Å². The number of benzene rings is 1. The van der Waals surface area contributed by atoms with Gasteiger partial charge >= 0.3 is 0 Å². The molecule has 0 spiro atoms. The molecular formula is C20H30N2O4. The highest BCUT2D eigenvalue weighted by atomic mass is 16.5. The van der Waals surface area contributed by atoms with Gasteiger partial charge in [-0.2, -0.15) is 0 Å². The van der Waals surface area contributed by atoms with Gasteiger partial charge in [0.2, 0.25) is 0 Å². The standard InChI is InChI=1S/C20H30N2O4/c1-25-17-9-6-8-16(18(17)26-2)14-22-13-7-10-20(24,19(22)23)15-21-11-4-3-5-12-21/h6,8-9,24H,3-5,7,10-15H2,1-2H3. The lowest BCUT2D eigenvalue weighted by Crippen LogP contribution is -2.58. The second kappa shape index (κ2) is 8.27. The van der Waals surface area contributed by atoms with Crippen LogP contribution in [0.1, 0.15) is 37.7 Å². The lowest BCUT2D eigenvalue weighted by Gasteiger charge is -2.41. The molecule has 0 aromatic heterocycles. The summed E-state index contributed by atoms with van der Waals surface area (Å²) in [6.45, 7) is 3.46. The summed E-state index contributed by atoms with van der Waals surface area (Å²) < 4.78 is 10.8. The van der Waals surface area contributed by atoms with Gasteiger partial charge in [0, 0.05) is 25.2 Å². The molecule has 0 bridgehead atoms. The van der Waals surface area contributed by atoms with Crippen LogP contribution in [0.3, 0.4) is 0 Å². The van der Waals surface area contributed by atoms with Crippen LogP contribution in [0.4, 0.5) is 0 Å². The first-order valence-corrected chi connectivity index (χ1v) is 9.51. The molecule has 2 saturated heterocycles. The number of ether oxygens (including phenoxy) is 2. The fraction of sp³-hybridized carbons (Fsp3) is 0.650. The van der Waals surface area contributed by atoms with Crippen molar-refractivity contribution in [2.45, 2.75) is 44.2 Å². The number of piperidine rings is 2. The van der Waals surface area contributed by atoms with Crippen LogP contribution in [-0.2, 0) is 11.3 Å². The highest BCUT2D eigenvalue weighted by Gasteiger charge is 2.43. The molecule has 2 heterocycles. The molecule has 1 aromatic rings. The van der Waals surface area contributed by atoms with Crippen LogP contribution in [0.15, 0.2) is 18.2 Å². The maximum atomic E-state index is 13.1. The third-order valence-corrected chi connectivity index (χ3v) is 5.48. The van der Waals surface area contributed by atoms with Crippen LogP contribution < -0.4 is 9.47 Å². The highest BCUT2D eigenvalue weighted by molar-refractivity contribution is 5.86. The predicted molar refractivity (Wildman–Crippen MR) is 99.4 cm³/mol. The van der Waals surface area contributed by atoms with Crippen molar-refractivity contribution in [3.63, 3.8) is 0 Å². The Balaban J connectivity index is 1.73. The smallest absolute Gasteiger partial charge is 0.256 e. The fourth-order valence-corrected chi connectivity index (χ4v) is 4.13. The number of likely N-dealkylation sites (tertiary alicyclic amines) is 2. The molecule has 2 fully saturated rings. The van der Waals surface area contributed by atoms with Gasteiger partial charge in [-0.1, -0.05) is 18.6 Å². The molecular weight excluding hydrogens is 332 g/mol. The van der Waals surface area contributed by atoms with E-state index in [9.17, 15) is 9.90 Å². The van der Waals surface area contributed by atoms with Crippen LogP contribution in [0.25, 0.3) is 0 Å². The maximum Gasteiger partial charge on any atom is 0.256 e. The van der Waals surface area contributed by atoms with Gasteiger partial charge in [0.15, 0.2) is 17.1 Å². The van der Waals surface area contributed by atoms with Gasteiger partial charge in [-0.15, -0.1) is 0 Å². The zero-order valence-electron chi connectivity index (χ0n) is 15.9. The summed E-state index contributed by atoms with van der Waals surface area (Å²) in [7, 11) is 3.21. The van der Waals surface area contributed by atoms with E-state index in [-0.39, 0.29) is 5.91 Å². The third-order valence-electron chi connectivity index (χ3n) is 5.48. The number of β-amino-alcohol motifs (C(OH)–C–C–N with tert-alkyl or cyclic N) is 1. The number of aliphatic hydroxyl groups is 1. The van der Waals surface area contributed by atoms with Crippen LogP contribution in [0.2, 0.25) is 0 Å².